The van der Waals surface area contributed by atoms with Crippen LogP contribution < -0.4 is 4.74 Å². The Morgan fingerprint density at radius 3 is 2.57 bits per heavy atom. The fraction of sp³-hybridized carbons (Fsp3) is 0.0625. The molecule has 7 heteroatoms. The maximum atomic E-state index is 11.0. The van der Waals surface area contributed by atoms with E-state index in [0.29, 0.717) is 16.7 Å². The van der Waals surface area contributed by atoms with Crippen LogP contribution in [0.25, 0.3) is 11.6 Å². The Bertz CT molecular complexity index is 823. The van der Waals surface area contributed by atoms with Gasteiger partial charge in [0.1, 0.15) is 0 Å². The van der Waals surface area contributed by atoms with Crippen molar-refractivity contribution in [1.29, 1.82) is 5.26 Å². The van der Waals surface area contributed by atoms with E-state index in [9.17, 15) is 20.5 Å². The van der Waals surface area contributed by atoms with Gasteiger partial charge in [0, 0.05) is 9.64 Å². The minimum Gasteiger partial charge on any atom is -0.500 e. The topological polar surface area (TPSA) is 96.4 Å². The predicted molar refractivity (Wildman–Crippen MR) is 94.0 cm³/mol. The van der Waals surface area contributed by atoms with Crippen molar-refractivity contribution in [3.8, 4) is 17.6 Å². The van der Waals surface area contributed by atoms with Gasteiger partial charge >= 0.3 is 5.69 Å². The average Bonchev–Trinajstić information content (AvgIpc) is 2.54. The van der Waals surface area contributed by atoms with Gasteiger partial charge < -0.3 is 9.84 Å². The SMILES string of the molecule is COc1cc(/C=C(/C#N)c2ccc(I)cc2)cc([N+](=O)[O-])c1O. The smallest absolute Gasteiger partial charge is 0.315 e. The van der Waals surface area contributed by atoms with Crippen molar-refractivity contribution in [3.05, 3.63) is 61.2 Å². The lowest BCUT2D eigenvalue weighted by molar-refractivity contribution is -0.386. The molecule has 2 aromatic carbocycles. The Hall–Kier alpha value is -2.60. The van der Waals surface area contributed by atoms with Crippen LogP contribution in [0.5, 0.6) is 11.5 Å². The van der Waals surface area contributed by atoms with Gasteiger partial charge in [-0.3, -0.25) is 10.1 Å². The highest BCUT2D eigenvalue weighted by molar-refractivity contribution is 14.1. The lowest BCUT2D eigenvalue weighted by atomic mass is 10.0. The summed E-state index contributed by atoms with van der Waals surface area (Å²) in [7, 11) is 1.30. The molecule has 2 aromatic rings. The van der Waals surface area contributed by atoms with Gasteiger partial charge in [-0.2, -0.15) is 5.26 Å². The molecule has 1 N–H and O–H groups in total. The second kappa shape index (κ2) is 7.11. The molecule has 0 spiro atoms. The Balaban J connectivity index is 2.56. The van der Waals surface area contributed by atoms with Crippen LogP contribution in [-0.4, -0.2) is 17.1 Å². The summed E-state index contributed by atoms with van der Waals surface area (Å²) in [5.74, 6) is -0.562. The molecule has 0 atom stereocenters. The average molecular weight is 422 g/mol. The third kappa shape index (κ3) is 3.78. The zero-order chi connectivity index (χ0) is 17.0. The fourth-order valence-electron chi connectivity index (χ4n) is 1.97. The first-order chi connectivity index (χ1) is 11.0. The number of phenolic OH excluding ortho intramolecular Hbond substituents is 1. The van der Waals surface area contributed by atoms with Crippen molar-refractivity contribution in [1.82, 2.24) is 0 Å². The normalized spacial score (nSPS) is 10.9. The molecule has 0 amide bonds. The van der Waals surface area contributed by atoms with E-state index < -0.39 is 16.4 Å². The molecular formula is C16H11IN2O4. The molecule has 0 aliphatic rings. The standard InChI is InChI=1S/C16H11IN2O4/c1-23-15-8-10(7-14(16(15)20)19(21)22)6-12(9-18)11-2-4-13(17)5-3-11/h2-8,20H,1H3/b12-6-. The summed E-state index contributed by atoms with van der Waals surface area (Å²) in [5, 5.41) is 30.1. The number of nitrogens with zero attached hydrogens (tertiary/aromatic N) is 2. The molecule has 0 aromatic heterocycles. The van der Waals surface area contributed by atoms with Gasteiger partial charge in [0.2, 0.25) is 5.75 Å². The molecule has 0 radical (unpaired) electrons. The molecule has 23 heavy (non-hydrogen) atoms. The van der Waals surface area contributed by atoms with E-state index in [1.165, 1.54) is 25.3 Å². The van der Waals surface area contributed by atoms with Crippen LogP contribution in [0, 0.1) is 25.0 Å². The molecule has 0 unspecified atom stereocenters. The van der Waals surface area contributed by atoms with Crippen molar-refractivity contribution < 1.29 is 14.8 Å². The number of rotatable bonds is 4. The summed E-state index contributed by atoms with van der Waals surface area (Å²) in [4.78, 5) is 10.3. The number of benzene rings is 2. The Morgan fingerprint density at radius 1 is 1.39 bits per heavy atom. The largest absolute Gasteiger partial charge is 0.500 e. The van der Waals surface area contributed by atoms with Gasteiger partial charge in [-0.15, -0.1) is 0 Å². The number of ether oxygens (including phenoxy) is 1. The molecule has 0 aliphatic heterocycles. The highest BCUT2D eigenvalue weighted by atomic mass is 127. The third-order valence-electron chi connectivity index (χ3n) is 3.08. The van der Waals surface area contributed by atoms with Gasteiger partial charge in [-0.1, -0.05) is 12.1 Å². The van der Waals surface area contributed by atoms with Crippen LogP contribution in [0.4, 0.5) is 5.69 Å². The van der Waals surface area contributed by atoms with Crippen molar-refractivity contribution in [3.63, 3.8) is 0 Å². The molecule has 6 nitrogen and oxygen atoms in total. The lowest BCUT2D eigenvalue weighted by Gasteiger charge is -2.06. The van der Waals surface area contributed by atoms with Crippen LogP contribution in [0.1, 0.15) is 11.1 Å². The number of nitriles is 1. The summed E-state index contributed by atoms with van der Waals surface area (Å²) in [6.45, 7) is 0. The van der Waals surface area contributed by atoms with Gasteiger partial charge in [0.15, 0.2) is 5.75 Å². The van der Waals surface area contributed by atoms with Gasteiger partial charge in [-0.25, -0.2) is 0 Å². The maximum absolute atomic E-state index is 11.0. The number of nitro benzene ring substituents is 1. The summed E-state index contributed by atoms with van der Waals surface area (Å²) in [6.07, 6.45) is 1.51. The zero-order valence-electron chi connectivity index (χ0n) is 12.0. The van der Waals surface area contributed by atoms with Crippen molar-refractivity contribution in [2.24, 2.45) is 0 Å². The van der Waals surface area contributed by atoms with E-state index >= 15 is 0 Å². The summed E-state index contributed by atoms with van der Waals surface area (Å²) < 4.78 is 5.98. The van der Waals surface area contributed by atoms with E-state index in [2.05, 4.69) is 28.7 Å². The minimum atomic E-state index is -0.702. The first kappa shape index (κ1) is 16.8. The number of hydrogen-bond donors (Lipinski definition) is 1. The van der Waals surface area contributed by atoms with Gasteiger partial charge in [0.05, 0.1) is 23.7 Å². The van der Waals surface area contributed by atoms with E-state index in [1.807, 2.05) is 12.1 Å². The highest BCUT2D eigenvalue weighted by Crippen LogP contribution is 2.37. The van der Waals surface area contributed by atoms with Gasteiger partial charge in [0.25, 0.3) is 0 Å². The Kier molecular flexibility index (Phi) is 5.18. The third-order valence-corrected chi connectivity index (χ3v) is 3.80. The maximum Gasteiger partial charge on any atom is 0.315 e. The van der Waals surface area contributed by atoms with E-state index in [1.54, 1.807) is 12.1 Å². The van der Waals surface area contributed by atoms with Crippen LogP contribution in [-0.2, 0) is 0 Å². The van der Waals surface area contributed by atoms with E-state index in [-0.39, 0.29) is 5.75 Å². The first-order valence-electron chi connectivity index (χ1n) is 6.39. The lowest BCUT2D eigenvalue weighted by Crippen LogP contribution is -1.93. The van der Waals surface area contributed by atoms with Crippen LogP contribution in [0.3, 0.4) is 0 Å². The zero-order valence-corrected chi connectivity index (χ0v) is 14.1. The minimum absolute atomic E-state index is 0.0228. The summed E-state index contributed by atoms with van der Waals surface area (Å²) in [5.41, 5.74) is 0.961. The van der Waals surface area contributed by atoms with Crippen molar-refractivity contribution in [2.75, 3.05) is 7.11 Å². The number of aromatic hydroxyl groups is 1. The number of allylic oxidation sites excluding steroid dienone is 1. The molecule has 0 bridgehead atoms. The molecule has 0 fully saturated rings. The molecular weight excluding hydrogens is 411 g/mol. The number of nitro groups is 1. The number of phenols is 1. The Labute approximate surface area is 145 Å². The first-order valence-corrected chi connectivity index (χ1v) is 7.47. The number of methoxy groups -OCH3 is 1. The summed E-state index contributed by atoms with van der Waals surface area (Å²) in [6, 6.07) is 12.0. The van der Waals surface area contributed by atoms with Crippen molar-refractivity contribution >= 4 is 39.9 Å². The van der Waals surface area contributed by atoms with E-state index in [4.69, 9.17) is 4.74 Å². The predicted octanol–water partition coefficient (Wildman–Crippen LogP) is 3.98. The molecule has 116 valence electrons. The second-order valence-electron chi connectivity index (χ2n) is 4.52. The van der Waals surface area contributed by atoms with Crippen LogP contribution in [0.15, 0.2) is 36.4 Å². The quantitative estimate of drug-likeness (QED) is 0.264. The van der Waals surface area contributed by atoms with Gasteiger partial charge in [-0.05, 0) is 58.0 Å². The van der Waals surface area contributed by atoms with E-state index in [0.717, 1.165) is 3.57 Å². The Morgan fingerprint density at radius 2 is 2.04 bits per heavy atom. The molecule has 0 saturated carbocycles. The second-order valence-corrected chi connectivity index (χ2v) is 5.77. The van der Waals surface area contributed by atoms with Crippen LogP contribution in [0.2, 0.25) is 0 Å². The fourth-order valence-corrected chi connectivity index (χ4v) is 2.33. The highest BCUT2D eigenvalue weighted by Gasteiger charge is 2.19. The van der Waals surface area contributed by atoms with Crippen LogP contribution >= 0.6 is 22.6 Å². The molecule has 0 saturated heterocycles. The van der Waals surface area contributed by atoms with Crippen molar-refractivity contribution in [2.45, 2.75) is 0 Å². The monoisotopic (exact) mass is 422 g/mol. The molecule has 0 heterocycles. The summed E-state index contributed by atoms with van der Waals surface area (Å²) >= 11 is 2.16. The molecule has 0 aliphatic carbocycles. The number of hydrogen-bond acceptors (Lipinski definition) is 5. The molecule has 2 rings (SSSR count). The number of halogens is 1.